The van der Waals surface area contributed by atoms with Crippen LogP contribution in [0.3, 0.4) is 0 Å². The highest BCUT2D eigenvalue weighted by Gasteiger charge is 2.43. The molecule has 0 radical (unpaired) electrons. The summed E-state index contributed by atoms with van der Waals surface area (Å²) in [7, 11) is 1.30. The molecule has 10 nitrogen and oxygen atoms in total. The number of amides is 4. The van der Waals surface area contributed by atoms with Crippen LogP contribution in [0.1, 0.15) is 68.8 Å². The lowest BCUT2D eigenvalue weighted by Gasteiger charge is -2.42. The maximum Gasteiger partial charge on any atom is 0.407 e. The van der Waals surface area contributed by atoms with Gasteiger partial charge in [-0.15, -0.1) is 0 Å². The van der Waals surface area contributed by atoms with E-state index in [1.54, 1.807) is 6.07 Å². The maximum absolute atomic E-state index is 14.3. The summed E-state index contributed by atoms with van der Waals surface area (Å²) in [5, 5.41) is 15.3. The standard InChI is InChI=1S/C31H41N5O5/c1-18(35(5)30(40)41)27(37)34-26(31(2,3)4)29(39)36-17-21-15-22(32)14-13-20(21)16-25(36)28(38)33-24-12-8-10-19-9-6-7-11-23(19)24/h6-7,9,11,13-15,18,24-26H,8,10,12,16-17,32H2,1-5H3,(H,33,38)(H,34,37)(H,40,41)/t18?,24-,25?,26?/m1/s1. The first-order chi connectivity index (χ1) is 19.3. The molecule has 0 bridgehead atoms. The molecule has 0 saturated heterocycles. The molecule has 2 aromatic carbocycles. The summed E-state index contributed by atoms with van der Waals surface area (Å²) in [5.41, 5.74) is 10.0. The van der Waals surface area contributed by atoms with E-state index in [2.05, 4.69) is 16.7 Å². The molecule has 3 unspecified atom stereocenters. The van der Waals surface area contributed by atoms with Crippen molar-refractivity contribution in [1.82, 2.24) is 20.4 Å². The van der Waals surface area contributed by atoms with Crippen LogP contribution in [-0.2, 0) is 33.8 Å². The second-order valence-electron chi connectivity index (χ2n) is 12.2. The van der Waals surface area contributed by atoms with Crippen molar-refractivity contribution in [2.45, 2.75) is 84.1 Å². The first-order valence-corrected chi connectivity index (χ1v) is 14.1. The van der Waals surface area contributed by atoms with Gasteiger partial charge in [0.1, 0.15) is 18.1 Å². The lowest BCUT2D eigenvalue weighted by molar-refractivity contribution is -0.147. The van der Waals surface area contributed by atoms with E-state index >= 15 is 0 Å². The van der Waals surface area contributed by atoms with E-state index in [-0.39, 0.29) is 18.5 Å². The largest absolute Gasteiger partial charge is 0.465 e. The smallest absolute Gasteiger partial charge is 0.407 e. The van der Waals surface area contributed by atoms with E-state index < -0.39 is 41.4 Å². The van der Waals surface area contributed by atoms with Crippen molar-refractivity contribution >= 4 is 29.5 Å². The lowest BCUT2D eigenvalue weighted by atomic mass is 9.83. The Hall–Kier alpha value is -4.08. The highest BCUT2D eigenvalue weighted by Crippen LogP contribution is 2.32. The molecule has 0 fully saturated rings. The third kappa shape index (κ3) is 6.47. The molecular formula is C31H41N5O5. The first-order valence-electron chi connectivity index (χ1n) is 14.1. The van der Waals surface area contributed by atoms with Crippen molar-refractivity contribution in [1.29, 1.82) is 0 Å². The van der Waals surface area contributed by atoms with E-state index in [1.165, 1.54) is 24.4 Å². The van der Waals surface area contributed by atoms with Crippen molar-refractivity contribution in [2.24, 2.45) is 5.41 Å². The van der Waals surface area contributed by atoms with E-state index in [0.29, 0.717) is 12.1 Å². The fourth-order valence-corrected chi connectivity index (χ4v) is 5.66. The molecule has 4 amide bonds. The molecule has 1 aliphatic heterocycles. The predicted molar refractivity (Wildman–Crippen MR) is 156 cm³/mol. The number of fused-ring (bicyclic) bond motifs is 2. The second-order valence-corrected chi connectivity index (χ2v) is 12.2. The number of rotatable bonds is 6. The molecule has 4 atom stereocenters. The Balaban J connectivity index is 1.64. The van der Waals surface area contributed by atoms with Crippen LogP contribution >= 0.6 is 0 Å². The zero-order chi connectivity index (χ0) is 30.1. The topological polar surface area (TPSA) is 145 Å². The molecular weight excluding hydrogens is 522 g/mol. The summed E-state index contributed by atoms with van der Waals surface area (Å²) in [6, 6.07) is 10.6. The van der Waals surface area contributed by atoms with E-state index in [9.17, 15) is 24.3 Å². The van der Waals surface area contributed by atoms with Crippen LogP contribution in [0.25, 0.3) is 0 Å². The van der Waals surface area contributed by atoms with Gasteiger partial charge in [0, 0.05) is 25.7 Å². The quantitative estimate of drug-likeness (QED) is 0.397. The number of carboxylic acid groups (broad SMARTS) is 1. The summed E-state index contributed by atoms with van der Waals surface area (Å²) >= 11 is 0. The zero-order valence-corrected chi connectivity index (χ0v) is 24.4. The summed E-state index contributed by atoms with van der Waals surface area (Å²) in [4.78, 5) is 55.2. The van der Waals surface area contributed by atoms with Crippen LogP contribution in [0.4, 0.5) is 10.5 Å². The monoisotopic (exact) mass is 563 g/mol. The van der Waals surface area contributed by atoms with Gasteiger partial charge in [0.15, 0.2) is 0 Å². The molecule has 0 saturated carbocycles. The molecule has 41 heavy (non-hydrogen) atoms. The third-order valence-corrected chi connectivity index (χ3v) is 8.29. The number of hydrogen-bond acceptors (Lipinski definition) is 5. The molecule has 1 heterocycles. The fraction of sp³-hybridized carbons (Fsp3) is 0.484. The van der Waals surface area contributed by atoms with Gasteiger partial charge in [0.05, 0.1) is 6.04 Å². The van der Waals surface area contributed by atoms with Crippen molar-refractivity contribution in [2.75, 3.05) is 12.8 Å². The molecule has 2 aromatic rings. The fourth-order valence-electron chi connectivity index (χ4n) is 5.66. The Bertz CT molecular complexity index is 1340. The van der Waals surface area contributed by atoms with Gasteiger partial charge in [-0.2, -0.15) is 0 Å². The van der Waals surface area contributed by atoms with Gasteiger partial charge in [-0.05, 0) is 66.0 Å². The first kappa shape index (κ1) is 29.9. The molecule has 2 aliphatic rings. The number of nitrogen functional groups attached to an aromatic ring is 1. The molecule has 0 aromatic heterocycles. The van der Waals surface area contributed by atoms with Crippen molar-refractivity contribution < 1.29 is 24.3 Å². The van der Waals surface area contributed by atoms with Crippen molar-refractivity contribution in [3.63, 3.8) is 0 Å². The van der Waals surface area contributed by atoms with Gasteiger partial charge in [-0.3, -0.25) is 19.3 Å². The number of carbonyl (C=O) groups excluding carboxylic acids is 3. The number of hydrogen-bond donors (Lipinski definition) is 4. The van der Waals surface area contributed by atoms with Crippen molar-refractivity contribution in [3.8, 4) is 0 Å². The Morgan fingerprint density at radius 3 is 2.46 bits per heavy atom. The SMILES string of the molecule is CC(C(=O)NC(C(=O)N1Cc2cc(N)ccc2CC1C(=O)N[C@@H]1CCCc2ccccc21)C(C)(C)C)N(C)C(=O)O. The number of anilines is 1. The number of nitrogens with one attached hydrogen (secondary N) is 2. The maximum atomic E-state index is 14.3. The Kier molecular flexibility index (Phi) is 8.60. The molecule has 0 spiro atoms. The minimum atomic E-state index is -1.25. The van der Waals surface area contributed by atoms with Gasteiger partial charge >= 0.3 is 6.09 Å². The van der Waals surface area contributed by atoms with Crippen LogP contribution in [0, 0.1) is 5.41 Å². The van der Waals surface area contributed by atoms with Gasteiger partial charge in [0.25, 0.3) is 0 Å². The molecule has 1 aliphatic carbocycles. The molecule has 4 rings (SSSR count). The Morgan fingerprint density at radius 2 is 1.78 bits per heavy atom. The molecule has 10 heteroatoms. The molecule has 5 N–H and O–H groups in total. The highest BCUT2D eigenvalue weighted by atomic mass is 16.4. The van der Waals surface area contributed by atoms with E-state index in [1.807, 2.05) is 51.1 Å². The summed E-state index contributed by atoms with van der Waals surface area (Å²) in [6.45, 7) is 7.10. The number of aryl methyl sites for hydroxylation is 1. The van der Waals surface area contributed by atoms with E-state index in [0.717, 1.165) is 40.9 Å². The van der Waals surface area contributed by atoms with Crippen LogP contribution in [0.2, 0.25) is 0 Å². The lowest BCUT2D eigenvalue weighted by Crippen LogP contribution is -2.62. The van der Waals surface area contributed by atoms with Gasteiger partial charge < -0.3 is 26.4 Å². The zero-order valence-electron chi connectivity index (χ0n) is 24.4. The van der Waals surface area contributed by atoms with E-state index in [4.69, 9.17) is 5.73 Å². The number of benzene rings is 2. The normalized spacial score (nSPS) is 19.7. The third-order valence-electron chi connectivity index (χ3n) is 8.29. The van der Waals surface area contributed by atoms with Gasteiger partial charge in [-0.1, -0.05) is 51.1 Å². The summed E-state index contributed by atoms with van der Waals surface area (Å²) < 4.78 is 0. The average Bonchev–Trinajstić information content (AvgIpc) is 2.93. The number of nitrogens with zero attached hydrogens (tertiary/aromatic N) is 2. The number of nitrogens with two attached hydrogens (primary N) is 1. The van der Waals surface area contributed by atoms with Crippen LogP contribution < -0.4 is 16.4 Å². The minimum Gasteiger partial charge on any atom is -0.465 e. The second kappa shape index (κ2) is 11.8. The highest BCUT2D eigenvalue weighted by molar-refractivity contribution is 5.94. The minimum absolute atomic E-state index is 0.150. The van der Waals surface area contributed by atoms with Crippen molar-refractivity contribution in [3.05, 3.63) is 64.7 Å². The Labute approximate surface area is 241 Å². The predicted octanol–water partition coefficient (Wildman–Crippen LogP) is 3.25. The number of likely N-dealkylation sites (N-methyl/N-ethyl adjacent to an activating group) is 1. The average molecular weight is 564 g/mol. The van der Waals surface area contributed by atoms with Crippen LogP contribution in [0.15, 0.2) is 42.5 Å². The van der Waals surface area contributed by atoms with Crippen LogP contribution in [-0.4, -0.2) is 63.9 Å². The Morgan fingerprint density at radius 1 is 1.07 bits per heavy atom. The number of carbonyl (C=O) groups is 4. The molecule has 220 valence electrons. The van der Waals surface area contributed by atoms with Gasteiger partial charge in [0.2, 0.25) is 17.7 Å². The summed E-state index contributed by atoms with van der Waals surface area (Å²) in [6.07, 6.45) is 1.79. The summed E-state index contributed by atoms with van der Waals surface area (Å²) in [5.74, 6) is -1.25. The van der Waals surface area contributed by atoms with Crippen LogP contribution in [0.5, 0.6) is 0 Å². The van der Waals surface area contributed by atoms with Gasteiger partial charge in [-0.25, -0.2) is 4.79 Å².